The molecule has 2 fully saturated rings. The van der Waals surface area contributed by atoms with Crippen LogP contribution in [-0.2, 0) is 25.8 Å². The molecule has 0 unspecified atom stereocenters. The fraction of sp³-hybridized carbons (Fsp3) is 0.444. The summed E-state index contributed by atoms with van der Waals surface area (Å²) >= 11 is 1.30. The van der Waals surface area contributed by atoms with Gasteiger partial charge in [-0.05, 0) is 50.6 Å². The molecule has 1 N–H and O–H groups in total. The highest BCUT2D eigenvalue weighted by molar-refractivity contribution is 8.16. The van der Waals surface area contributed by atoms with E-state index in [0.717, 1.165) is 16.9 Å². The Labute approximate surface area is 228 Å². The minimum atomic E-state index is -3.19. The Morgan fingerprint density at radius 1 is 1.11 bits per heavy atom. The van der Waals surface area contributed by atoms with E-state index in [9.17, 15) is 18.0 Å². The Morgan fingerprint density at radius 3 is 2.37 bits per heavy atom. The molecule has 2 aromatic rings. The van der Waals surface area contributed by atoms with Crippen LogP contribution in [0.4, 0.5) is 16.2 Å². The van der Waals surface area contributed by atoms with Gasteiger partial charge < -0.3 is 19.9 Å². The Morgan fingerprint density at radius 2 is 1.76 bits per heavy atom. The second-order valence-electron chi connectivity index (χ2n) is 10.7. The number of sulfone groups is 1. The van der Waals surface area contributed by atoms with Crippen LogP contribution >= 0.6 is 11.8 Å². The fourth-order valence-corrected chi connectivity index (χ4v) is 8.37. The van der Waals surface area contributed by atoms with E-state index in [2.05, 4.69) is 10.3 Å². The average molecular weight is 559 g/mol. The van der Waals surface area contributed by atoms with Gasteiger partial charge in [-0.1, -0.05) is 42.1 Å². The second kappa shape index (κ2) is 11.0. The maximum atomic E-state index is 13.5. The predicted octanol–water partition coefficient (Wildman–Crippen LogP) is 3.49. The molecule has 0 radical (unpaired) electrons. The van der Waals surface area contributed by atoms with Crippen molar-refractivity contribution in [3.05, 3.63) is 60.2 Å². The third-order valence-corrected chi connectivity index (χ3v) is 9.40. The number of carbonyl (C=O) groups excluding carboxylic acids is 2. The average Bonchev–Trinajstić information content (AvgIpc) is 3.28. The van der Waals surface area contributed by atoms with Crippen molar-refractivity contribution in [3.8, 4) is 0 Å². The molecule has 2 heterocycles. The summed E-state index contributed by atoms with van der Waals surface area (Å²) in [4.78, 5) is 34.4. The van der Waals surface area contributed by atoms with E-state index in [0.29, 0.717) is 5.17 Å². The Balaban J connectivity index is 1.65. The first-order chi connectivity index (χ1) is 17.8. The van der Waals surface area contributed by atoms with Crippen LogP contribution in [0.2, 0.25) is 0 Å². The zero-order chi connectivity index (χ0) is 27.7. The predicted molar refractivity (Wildman–Crippen MR) is 153 cm³/mol. The van der Waals surface area contributed by atoms with Crippen molar-refractivity contribution in [2.45, 2.75) is 50.1 Å². The lowest BCUT2D eigenvalue weighted by atomic mass is 10.1. The highest BCUT2D eigenvalue weighted by Gasteiger charge is 2.49. The first kappa shape index (κ1) is 28.0. The van der Waals surface area contributed by atoms with Gasteiger partial charge >= 0.3 is 6.09 Å². The number of thioether (sulfide) groups is 1. The lowest BCUT2D eigenvalue weighted by molar-refractivity contribution is -0.119. The molecule has 2 amide bonds. The summed E-state index contributed by atoms with van der Waals surface area (Å²) in [6.07, 6.45) is -0.468. The van der Waals surface area contributed by atoms with Crippen molar-refractivity contribution < 1.29 is 22.7 Å². The summed E-state index contributed by atoms with van der Waals surface area (Å²) in [5.41, 5.74) is 1.89. The highest BCUT2D eigenvalue weighted by atomic mass is 32.2. The monoisotopic (exact) mass is 558 g/mol. The van der Waals surface area contributed by atoms with Gasteiger partial charge in [0.1, 0.15) is 11.6 Å². The molecular formula is C27H34N4O5S2. The van der Waals surface area contributed by atoms with Crippen LogP contribution in [-0.4, -0.2) is 74.1 Å². The fourth-order valence-electron chi connectivity index (χ4n) is 4.45. The van der Waals surface area contributed by atoms with Gasteiger partial charge in [0.25, 0.3) is 5.91 Å². The number of hydrogen-bond acceptors (Lipinski definition) is 7. The van der Waals surface area contributed by atoms with Gasteiger partial charge in [0.2, 0.25) is 0 Å². The van der Waals surface area contributed by atoms with Crippen LogP contribution in [0, 0.1) is 0 Å². The van der Waals surface area contributed by atoms with Gasteiger partial charge in [-0.15, -0.1) is 0 Å². The summed E-state index contributed by atoms with van der Waals surface area (Å²) in [6.45, 7) is 5.26. The summed E-state index contributed by atoms with van der Waals surface area (Å²) in [7, 11) is 0.687. The van der Waals surface area contributed by atoms with Gasteiger partial charge in [0.15, 0.2) is 15.0 Å². The zero-order valence-corrected chi connectivity index (χ0v) is 23.9. The Kier molecular flexibility index (Phi) is 8.08. The standard InChI is InChI=1S/C27H34N4O5S2/c1-27(2,3)36-26(33)28-21(15-18-9-7-6-8-10-18)24(32)29-25-31(20-13-11-19(12-14-20)30(4)5)22-16-38(34,35)17-23(22)37-25/h6-14,21-23H,15-17H2,1-5H3,(H,28,33)/t21-,22-,23+/m0/s1. The Hall–Kier alpha value is -3.05. The number of benzene rings is 2. The van der Waals surface area contributed by atoms with Gasteiger partial charge in [0.05, 0.1) is 17.5 Å². The van der Waals surface area contributed by atoms with E-state index < -0.39 is 33.5 Å². The van der Waals surface area contributed by atoms with Crippen molar-refractivity contribution in [3.63, 3.8) is 0 Å². The molecule has 2 aromatic carbocycles. The SMILES string of the molecule is CN(C)c1ccc(N2C(=NC(=O)[C@H](Cc3ccccc3)NC(=O)OC(C)(C)C)S[C@@H]3CS(=O)(=O)C[C@@H]32)cc1. The van der Waals surface area contributed by atoms with E-state index in [1.807, 2.05) is 78.5 Å². The van der Waals surface area contributed by atoms with Crippen LogP contribution in [0.15, 0.2) is 59.6 Å². The smallest absolute Gasteiger partial charge is 0.408 e. The molecule has 38 heavy (non-hydrogen) atoms. The number of aliphatic imine (C=N–C) groups is 1. The molecule has 0 aromatic heterocycles. The van der Waals surface area contributed by atoms with Crippen LogP contribution in [0.1, 0.15) is 26.3 Å². The second-order valence-corrected chi connectivity index (χ2v) is 14.1. The van der Waals surface area contributed by atoms with Crippen molar-refractivity contribution in [2.24, 2.45) is 4.99 Å². The van der Waals surface area contributed by atoms with Crippen molar-refractivity contribution in [1.29, 1.82) is 0 Å². The molecule has 204 valence electrons. The van der Waals surface area contributed by atoms with Crippen molar-refractivity contribution in [2.75, 3.05) is 35.4 Å². The lowest BCUT2D eigenvalue weighted by Gasteiger charge is -2.26. The third kappa shape index (κ3) is 6.87. The first-order valence-corrected chi connectivity index (χ1v) is 15.1. The molecule has 0 aliphatic carbocycles. The molecular weight excluding hydrogens is 524 g/mol. The molecule has 2 saturated heterocycles. The van der Waals surface area contributed by atoms with E-state index in [1.54, 1.807) is 20.8 Å². The summed E-state index contributed by atoms with van der Waals surface area (Å²) in [5, 5.41) is 2.89. The van der Waals surface area contributed by atoms with E-state index in [4.69, 9.17) is 4.74 Å². The number of alkyl carbamates (subject to hydrolysis) is 1. The summed E-state index contributed by atoms with van der Waals surface area (Å²) in [6, 6.07) is 15.8. The number of amidine groups is 1. The Bertz CT molecular complexity index is 1310. The largest absolute Gasteiger partial charge is 0.444 e. The van der Waals surface area contributed by atoms with Crippen molar-refractivity contribution in [1.82, 2.24) is 5.32 Å². The maximum absolute atomic E-state index is 13.5. The number of hydrogen-bond donors (Lipinski definition) is 1. The topological polar surface area (TPSA) is 108 Å². The third-order valence-electron chi connectivity index (χ3n) is 6.19. The van der Waals surface area contributed by atoms with Gasteiger partial charge in [-0.2, -0.15) is 4.99 Å². The van der Waals surface area contributed by atoms with Gasteiger partial charge in [-0.25, -0.2) is 13.2 Å². The minimum absolute atomic E-state index is 0.00306. The minimum Gasteiger partial charge on any atom is -0.444 e. The molecule has 4 rings (SSSR count). The van der Waals surface area contributed by atoms with Gasteiger partial charge in [0, 0.05) is 37.1 Å². The number of fused-ring (bicyclic) bond motifs is 1. The highest BCUT2D eigenvalue weighted by Crippen LogP contribution is 2.41. The quantitative estimate of drug-likeness (QED) is 0.574. The zero-order valence-electron chi connectivity index (χ0n) is 22.2. The summed E-state index contributed by atoms with van der Waals surface area (Å²) < 4.78 is 30.2. The molecule has 11 heteroatoms. The number of anilines is 2. The molecule has 9 nitrogen and oxygen atoms in total. The van der Waals surface area contributed by atoms with Crippen LogP contribution in [0.5, 0.6) is 0 Å². The summed E-state index contributed by atoms with van der Waals surface area (Å²) in [5.74, 6) is -0.498. The molecule has 3 atom stereocenters. The number of rotatable bonds is 6. The normalized spacial score (nSPS) is 22.1. The number of ether oxygens (including phenoxy) is 1. The number of nitrogens with one attached hydrogen (secondary N) is 1. The molecule has 2 aliphatic heterocycles. The molecule has 0 saturated carbocycles. The molecule has 0 spiro atoms. The molecule has 2 aliphatic rings. The van der Waals surface area contributed by atoms with Crippen molar-refractivity contribution >= 4 is 50.1 Å². The van der Waals surface area contributed by atoms with E-state index in [1.165, 1.54) is 11.8 Å². The number of carbonyl (C=O) groups is 2. The van der Waals surface area contributed by atoms with E-state index in [-0.39, 0.29) is 29.2 Å². The lowest BCUT2D eigenvalue weighted by Crippen LogP contribution is -2.45. The van der Waals surface area contributed by atoms with Crippen LogP contribution in [0.25, 0.3) is 0 Å². The van der Waals surface area contributed by atoms with Gasteiger partial charge in [-0.3, -0.25) is 4.79 Å². The maximum Gasteiger partial charge on any atom is 0.408 e. The number of nitrogens with zero attached hydrogens (tertiary/aromatic N) is 3. The number of amides is 2. The van der Waals surface area contributed by atoms with Crippen LogP contribution < -0.4 is 15.1 Å². The van der Waals surface area contributed by atoms with Crippen LogP contribution in [0.3, 0.4) is 0 Å². The van der Waals surface area contributed by atoms with E-state index >= 15 is 0 Å². The molecule has 0 bridgehead atoms. The first-order valence-electron chi connectivity index (χ1n) is 12.4.